The first kappa shape index (κ1) is 16.1. The van der Waals surface area contributed by atoms with E-state index in [-0.39, 0.29) is 6.61 Å². The van der Waals surface area contributed by atoms with Crippen molar-refractivity contribution in [2.45, 2.75) is 25.3 Å². The molecule has 2 heterocycles. The second-order valence-electron chi connectivity index (χ2n) is 5.95. The summed E-state index contributed by atoms with van der Waals surface area (Å²) in [5.74, 6) is 0.978. The number of furan rings is 1. The van der Waals surface area contributed by atoms with Gasteiger partial charge in [-0.2, -0.15) is 0 Å². The molecule has 0 bridgehead atoms. The van der Waals surface area contributed by atoms with E-state index in [1.54, 1.807) is 25.3 Å². The van der Waals surface area contributed by atoms with Crippen LogP contribution in [0.15, 0.2) is 45.4 Å². The van der Waals surface area contributed by atoms with Gasteiger partial charge in [0.2, 0.25) is 0 Å². The summed E-state index contributed by atoms with van der Waals surface area (Å²) in [6, 6.07) is 9.16. The normalized spacial score (nSPS) is 13.8. The highest BCUT2D eigenvalue weighted by molar-refractivity contribution is 5.76. The van der Waals surface area contributed by atoms with Crippen LogP contribution in [0, 0.1) is 0 Å². The van der Waals surface area contributed by atoms with E-state index in [9.17, 15) is 9.90 Å². The zero-order valence-electron chi connectivity index (χ0n) is 13.2. The molecule has 7 nitrogen and oxygen atoms in total. The highest BCUT2D eigenvalue weighted by Gasteiger charge is 2.25. The van der Waals surface area contributed by atoms with Gasteiger partial charge in [-0.25, -0.2) is 9.78 Å². The molecular formula is C17H18N2O5. The Hall–Kier alpha value is -2.80. The first-order valence-electron chi connectivity index (χ1n) is 7.54. The Morgan fingerprint density at radius 1 is 1.38 bits per heavy atom. The molecule has 2 aromatic heterocycles. The van der Waals surface area contributed by atoms with Crippen molar-refractivity contribution in [3.63, 3.8) is 0 Å². The van der Waals surface area contributed by atoms with E-state index in [0.717, 1.165) is 5.56 Å². The number of carboxylic acid groups (broad SMARTS) is 1. The van der Waals surface area contributed by atoms with Gasteiger partial charge < -0.3 is 24.4 Å². The van der Waals surface area contributed by atoms with E-state index in [2.05, 4.69) is 10.3 Å². The molecule has 0 spiro atoms. The van der Waals surface area contributed by atoms with Gasteiger partial charge in [-0.05, 0) is 49.6 Å². The fraction of sp³-hybridized carbons (Fsp3) is 0.294. The molecule has 0 aliphatic carbocycles. The van der Waals surface area contributed by atoms with Crippen molar-refractivity contribution in [1.82, 2.24) is 10.3 Å². The fourth-order valence-corrected chi connectivity index (χ4v) is 2.49. The summed E-state index contributed by atoms with van der Waals surface area (Å²) in [7, 11) is 0. The predicted octanol–water partition coefficient (Wildman–Crippen LogP) is 3.04. The van der Waals surface area contributed by atoms with Crippen LogP contribution in [0.3, 0.4) is 0 Å². The van der Waals surface area contributed by atoms with Crippen LogP contribution in [0.2, 0.25) is 0 Å². The number of aliphatic hydroxyl groups excluding tert-OH is 1. The number of fused-ring (bicyclic) bond motifs is 1. The molecular weight excluding hydrogens is 312 g/mol. The lowest BCUT2D eigenvalue weighted by Crippen LogP contribution is -2.48. The molecule has 0 saturated heterocycles. The minimum Gasteiger partial charge on any atom is -0.465 e. The van der Waals surface area contributed by atoms with Gasteiger partial charge in [0.15, 0.2) is 11.3 Å². The molecule has 1 atom stereocenters. The van der Waals surface area contributed by atoms with Gasteiger partial charge in [0.1, 0.15) is 5.52 Å². The van der Waals surface area contributed by atoms with Crippen molar-refractivity contribution in [3.05, 3.63) is 42.2 Å². The number of aryl methyl sites for hydroxylation is 1. The molecule has 0 aliphatic heterocycles. The largest absolute Gasteiger partial charge is 0.465 e. The molecule has 3 rings (SSSR count). The van der Waals surface area contributed by atoms with Gasteiger partial charge in [-0.15, -0.1) is 0 Å². The number of aromatic nitrogens is 1. The molecule has 24 heavy (non-hydrogen) atoms. The average molecular weight is 330 g/mol. The van der Waals surface area contributed by atoms with Crippen molar-refractivity contribution in [3.8, 4) is 11.7 Å². The van der Waals surface area contributed by atoms with Crippen LogP contribution in [0.4, 0.5) is 4.79 Å². The smallest absolute Gasteiger partial charge is 0.405 e. The molecule has 0 saturated carbocycles. The third-order valence-electron chi connectivity index (χ3n) is 3.91. The van der Waals surface area contributed by atoms with E-state index in [1.165, 1.54) is 0 Å². The lowest BCUT2D eigenvalue weighted by Gasteiger charge is -2.27. The molecule has 7 heteroatoms. The first-order valence-corrected chi connectivity index (χ1v) is 7.54. The number of oxazole rings is 1. The van der Waals surface area contributed by atoms with Gasteiger partial charge >= 0.3 is 6.09 Å². The monoisotopic (exact) mass is 330 g/mol. The Labute approximate surface area is 137 Å². The highest BCUT2D eigenvalue weighted by atomic mass is 16.4. The topological polar surface area (TPSA) is 109 Å². The van der Waals surface area contributed by atoms with E-state index in [4.69, 9.17) is 13.9 Å². The van der Waals surface area contributed by atoms with Gasteiger partial charge in [0.25, 0.3) is 5.89 Å². The number of nitrogens with zero attached hydrogens (tertiary/aromatic N) is 1. The maximum atomic E-state index is 10.8. The summed E-state index contributed by atoms with van der Waals surface area (Å²) in [6.45, 7) is 1.40. The van der Waals surface area contributed by atoms with Crippen molar-refractivity contribution < 1.29 is 23.8 Å². The van der Waals surface area contributed by atoms with Crippen LogP contribution in [-0.2, 0) is 6.42 Å². The first-order chi connectivity index (χ1) is 11.5. The maximum absolute atomic E-state index is 10.8. The Bertz CT molecular complexity index is 840. The van der Waals surface area contributed by atoms with Crippen LogP contribution >= 0.6 is 0 Å². The third-order valence-corrected chi connectivity index (χ3v) is 3.91. The zero-order valence-corrected chi connectivity index (χ0v) is 13.2. The standard InChI is InChI=1S/C17H18N2O5/c1-17(10-20,19-16(21)22)7-6-11-4-5-13-12(9-11)18-15(24-13)14-3-2-8-23-14/h2-5,8-9,19-20H,6-7,10H2,1H3,(H,21,22)/t17-/m1/s1. The minimum absolute atomic E-state index is 0.270. The number of hydrogen-bond donors (Lipinski definition) is 3. The Kier molecular flexibility index (Phi) is 4.26. The zero-order chi connectivity index (χ0) is 17.2. The molecule has 1 aromatic carbocycles. The summed E-state index contributed by atoms with van der Waals surface area (Å²) in [5, 5.41) is 20.6. The van der Waals surface area contributed by atoms with Crippen LogP contribution in [-0.4, -0.2) is 33.4 Å². The number of benzene rings is 1. The highest BCUT2D eigenvalue weighted by Crippen LogP contribution is 2.26. The fourth-order valence-electron chi connectivity index (χ4n) is 2.49. The molecule has 3 aromatic rings. The van der Waals surface area contributed by atoms with Crippen molar-refractivity contribution in [2.24, 2.45) is 0 Å². The van der Waals surface area contributed by atoms with Crippen LogP contribution in [0.25, 0.3) is 22.8 Å². The van der Waals surface area contributed by atoms with Crippen molar-refractivity contribution in [1.29, 1.82) is 0 Å². The van der Waals surface area contributed by atoms with E-state index in [1.807, 2.05) is 18.2 Å². The summed E-state index contributed by atoms with van der Waals surface area (Å²) < 4.78 is 10.9. The molecule has 126 valence electrons. The second kappa shape index (κ2) is 6.37. The molecule has 1 amide bonds. The lowest BCUT2D eigenvalue weighted by molar-refractivity contribution is 0.141. The SMILES string of the molecule is C[C@](CO)(CCc1ccc2oc(-c3ccco3)nc2c1)NC(=O)O. The number of nitrogens with one attached hydrogen (secondary N) is 1. The molecule has 0 radical (unpaired) electrons. The van der Waals surface area contributed by atoms with Crippen molar-refractivity contribution >= 4 is 17.2 Å². The minimum atomic E-state index is -1.15. The number of aliphatic hydroxyl groups is 1. The summed E-state index contributed by atoms with van der Waals surface area (Å²) in [5.41, 5.74) is 1.45. The third kappa shape index (κ3) is 3.41. The predicted molar refractivity (Wildman–Crippen MR) is 86.7 cm³/mol. The summed E-state index contributed by atoms with van der Waals surface area (Å²) in [6.07, 6.45) is 1.46. The maximum Gasteiger partial charge on any atom is 0.405 e. The lowest BCUT2D eigenvalue weighted by atomic mass is 9.94. The van der Waals surface area contributed by atoms with Crippen LogP contribution < -0.4 is 5.32 Å². The van der Waals surface area contributed by atoms with E-state index in [0.29, 0.717) is 35.6 Å². The number of rotatable bonds is 6. The molecule has 0 fully saturated rings. The van der Waals surface area contributed by atoms with Gasteiger partial charge in [-0.3, -0.25) is 0 Å². The number of hydrogen-bond acceptors (Lipinski definition) is 5. The van der Waals surface area contributed by atoms with E-state index >= 15 is 0 Å². The van der Waals surface area contributed by atoms with E-state index < -0.39 is 11.6 Å². The Morgan fingerprint density at radius 3 is 2.88 bits per heavy atom. The number of amides is 1. The second-order valence-corrected chi connectivity index (χ2v) is 5.95. The van der Waals surface area contributed by atoms with Crippen LogP contribution in [0.1, 0.15) is 18.9 Å². The van der Waals surface area contributed by atoms with Gasteiger partial charge in [0, 0.05) is 0 Å². The van der Waals surface area contributed by atoms with Crippen LogP contribution in [0.5, 0.6) is 0 Å². The molecule has 0 unspecified atom stereocenters. The Morgan fingerprint density at radius 2 is 2.21 bits per heavy atom. The molecule has 3 N–H and O–H groups in total. The summed E-state index contributed by atoms with van der Waals surface area (Å²) in [4.78, 5) is 15.2. The quantitative estimate of drug-likeness (QED) is 0.641. The Balaban J connectivity index is 1.77. The summed E-state index contributed by atoms with van der Waals surface area (Å²) >= 11 is 0. The van der Waals surface area contributed by atoms with Gasteiger partial charge in [0.05, 0.1) is 18.4 Å². The van der Waals surface area contributed by atoms with Gasteiger partial charge in [-0.1, -0.05) is 6.07 Å². The average Bonchev–Trinajstić information content (AvgIpc) is 3.20. The number of carbonyl (C=O) groups is 1. The molecule has 0 aliphatic rings. The van der Waals surface area contributed by atoms with Crippen molar-refractivity contribution in [2.75, 3.05) is 6.61 Å².